The van der Waals surface area contributed by atoms with Gasteiger partial charge in [-0.3, -0.25) is 0 Å². The number of hydrogen-bond acceptors (Lipinski definition) is 3. The summed E-state index contributed by atoms with van der Waals surface area (Å²) in [6.45, 7) is 0. The van der Waals surface area contributed by atoms with Crippen LogP contribution in [0.1, 0.15) is 27.5 Å². The van der Waals surface area contributed by atoms with Gasteiger partial charge in [0.1, 0.15) is 0 Å². The lowest BCUT2D eigenvalue weighted by Gasteiger charge is -2.13. The highest BCUT2D eigenvalue weighted by Gasteiger charge is 2.16. The molecule has 0 aliphatic rings. The molecule has 0 radical (unpaired) electrons. The largest absolute Gasteiger partial charge is 0.478 e. The Kier molecular flexibility index (Phi) is 4.69. The van der Waals surface area contributed by atoms with E-state index in [4.69, 9.17) is 10.8 Å². The molecule has 0 amide bonds. The first-order valence-electron chi connectivity index (χ1n) is 4.80. The van der Waals surface area contributed by atoms with Gasteiger partial charge in [0, 0.05) is 0 Å². The van der Waals surface area contributed by atoms with Crippen LogP contribution in [-0.4, -0.2) is 11.1 Å². The number of carbonyl (C=O) groups is 1. The number of carboxylic acids is 1. The molecule has 0 unspecified atom stereocenters. The van der Waals surface area contributed by atoms with Gasteiger partial charge in [0.2, 0.25) is 0 Å². The smallest absolute Gasteiger partial charge is 0.336 e. The lowest BCUT2D eigenvalue weighted by Crippen LogP contribution is -2.15. The third-order valence-electron chi connectivity index (χ3n) is 2.43. The molecule has 3 nitrogen and oxygen atoms in total. The first-order chi connectivity index (χ1) is 7.70. The topological polar surface area (TPSA) is 63.3 Å². The van der Waals surface area contributed by atoms with Crippen LogP contribution in [0.5, 0.6) is 0 Å². The normalized spacial score (nSPS) is 11.6. The fraction of sp³-hybridized carbons (Fsp3) is 0.0833. The van der Waals surface area contributed by atoms with Gasteiger partial charge >= 0.3 is 5.97 Å². The van der Waals surface area contributed by atoms with E-state index in [2.05, 4.69) is 0 Å². The molecule has 2 aromatic rings. The van der Waals surface area contributed by atoms with Crippen molar-refractivity contribution in [2.75, 3.05) is 0 Å². The van der Waals surface area contributed by atoms with Crippen molar-refractivity contribution in [3.05, 3.63) is 57.8 Å². The van der Waals surface area contributed by atoms with Crippen molar-refractivity contribution in [3.63, 3.8) is 0 Å². The van der Waals surface area contributed by atoms with Crippen LogP contribution in [0.15, 0.2) is 41.1 Å². The van der Waals surface area contributed by atoms with E-state index in [0.29, 0.717) is 5.56 Å². The Morgan fingerprint density at radius 2 is 2.00 bits per heavy atom. The number of nitrogens with two attached hydrogens (primary N) is 1. The molecule has 1 aromatic heterocycles. The number of thiophene rings is 1. The summed E-state index contributed by atoms with van der Waals surface area (Å²) in [6, 6.07) is 8.36. The average molecular weight is 270 g/mol. The van der Waals surface area contributed by atoms with Crippen molar-refractivity contribution in [1.29, 1.82) is 0 Å². The third kappa shape index (κ3) is 2.85. The van der Waals surface area contributed by atoms with E-state index < -0.39 is 5.97 Å². The summed E-state index contributed by atoms with van der Waals surface area (Å²) in [5, 5.41) is 12.9. The van der Waals surface area contributed by atoms with Gasteiger partial charge in [0.05, 0.1) is 11.6 Å². The lowest BCUT2D eigenvalue weighted by molar-refractivity contribution is 0.0695. The van der Waals surface area contributed by atoms with Gasteiger partial charge in [-0.15, -0.1) is 12.4 Å². The Morgan fingerprint density at radius 3 is 2.59 bits per heavy atom. The van der Waals surface area contributed by atoms with Crippen LogP contribution >= 0.6 is 23.7 Å². The van der Waals surface area contributed by atoms with Crippen molar-refractivity contribution < 1.29 is 9.90 Å². The highest BCUT2D eigenvalue weighted by molar-refractivity contribution is 7.08. The maximum absolute atomic E-state index is 11.0. The standard InChI is InChI=1S/C12H11NO2S.ClH/c13-11(8-5-6-16-7-8)9-3-1-2-4-10(9)12(14)15;/h1-7,11H,13H2,(H,14,15);1H/t11-;/m0./s1. The molecule has 5 heteroatoms. The van der Waals surface area contributed by atoms with Crippen LogP contribution in [-0.2, 0) is 0 Å². The van der Waals surface area contributed by atoms with Gasteiger partial charge in [0.25, 0.3) is 0 Å². The lowest BCUT2D eigenvalue weighted by atomic mass is 9.97. The first kappa shape index (κ1) is 13.7. The van der Waals surface area contributed by atoms with E-state index in [1.807, 2.05) is 16.8 Å². The molecule has 3 N–H and O–H groups in total. The molecule has 0 saturated carbocycles. The molecule has 1 aromatic carbocycles. The van der Waals surface area contributed by atoms with Crippen molar-refractivity contribution >= 4 is 29.7 Å². The van der Waals surface area contributed by atoms with E-state index in [-0.39, 0.29) is 24.0 Å². The fourth-order valence-electron chi connectivity index (χ4n) is 1.59. The second-order valence-electron chi connectivity index (χ2n) is 3.43. The van der Waals surface area contributed by atoms with Crippen molar-refractivity contribution in [2.24, 2.45) is 5.73 Å². The number of halogens is 1. The Balaban J connectivity index is 0.00000144. The number of rotatable bonds is 3. The second kappa shape index (κ2) is 5.82. The Labute approximate surface area is 109 Å². The molecule has 0 aliphatic carbocycles. The predicted molar refractivity (Wildman–Crippen MR) is 71.0 cm³/mol. The summed E-state index contributed by atoms with van der Waals surface area (Å²) in [5.41, 5.74) is 7.90. The van der Waals surface area contributed by atoms with Crippen LogP contribution in [0.25, 0.3) is 0 Å². The van der Waals surface area contributed by atoms with Crippen LogP contribution in [0.2, 0.25) is 0 Å². The maximum atomic E-state index is 11.0. The highest BCUT2D eigenvalue weighted by Crippen LogP contribution is 2.24. The van der Waals surface area contributed by atoms with Crippen LogP contribution < -0.4 is 5.73 Å². The number of aromatic carboxylic acids is 1. The molecule has 90 valence electrons. The van der Waals surface area contributed by atoms with Crippen LogP contribution in [0, 0.1) is 0 Å². The van der Waals surface area contributed by atoms with E-state index in [0.717, 1.165) is 5.56 Å². The summed E-state index contributed by atoms with van der Waals surface area (Å²) in [5.74, 6) is -0.943. The summed E-state index contributed by atoms with van der Waals surface area (Å²) in [7, 11) is 0. The number of carboxylic acid groups (broad SMARTS) is 1. The minimum Gasteiger partial charge on any atom is -0.478 e. The first-order valence-corrected chi connectivity index (χ1v) is 5.74. The molecule has 0 saturated heterocycles. The molecule has 2 rings (SSSR count). The maximum Gasteiger partial charge on any atom is 0.336 e. The summed E-state index contributed by atoms with van der Waals surface area (Å²) >= 11 is 1.55. The zero-order valence-electron chi connectivity index (χ0n) is 8.87. The van der Waals surface area contributed by atoms with Crippen LogP contribution in [0.4, 0.5) is 0 Å². The fourth-order valence-corrected chi connectivity index (χ4v) is 2.29. The summed E-state index contributed by atoms with van der Waals surface area (Å²) in [4.78, 5) is 11.0. The van der Waals surface area contributed by atoms with Gasteiger partial charge in [-0.2, -0.15) is 11.3 Å². The van der Waals surface area contributed by atoms with Gasteiger partial charge in [-0.1, -0.05) is 18.2 Å². The monoisotopic (exact) mass is 269 g/mol. The second-order valence-corrected chi connectivity index (χ2v) is 4.21. The highest BCUT2D eigenvalue weighted by atomic mass is 35.5. The molecule has 0 fully saturated rings. The molecule has 1 atom stereocenters. The molecular weight excluding hydrogens is 258 g/mol. The Morgan fingerprint density at radius 1 is 1.29 bits per heavy atom. The molecule has 1 heterocycles. The number of hydrogen-bond donors (Lipinski definition) is 2. The minimum absolute atomic E-state index is 0. The molecular formula is C12H12ClNO2S. The zero-order valence-corrected chi connectivity index (χ0v) is 10.5. The SMILES string of the molecule is Cl.N[C@@H](c1ccsc1)c1ccccc1C(=O)O. The summed E-state index contributed by atoms with van der Waals surface area (Å²) in [6.07, 6.45) is 0. The van der Waals surface area contributed by atoms with E-state index in [1.165, 1.54) is 0 Å². The van der Waals surface area contributed by atoms with Crippen molar-refractivity contribution in [1.82, 2.24) is 0 Å². The molecule has 0 spiro atoms. The molecule has 0 aliphatic heterocycles. The Bertz CT molecular complexity index is 499. The number of benzene rings is 1. The van der Waals surface area contributed by atoms with Gasteiger partial charge < -0.3 is 10.8 Å². The van der Waals surface area contributed by atoms with Crippen LogP contribution in [0.3, 0.4) is 0 Å². The van der Waals surface area contributed by atoms with Gasteiger partial charge in [0.15, 0.2) is 0 Å². The van der Waals surface area contributed by atoms with E-state index in [1.54, 1.807) is 35.6 Å². The average Bonchev–Trinajstić information content (AvgIpc) is 2.81. The van der Waals surface area contributed by atoms with Gasteiger partial charge in [-0.25, -0.2) is 4.79 Å². The minimum atomic E-state index is -0.943. The zero-order chi connectivity index (χ0) is 11.5. The molecule has 0 bridgehead atoms. The van der Waals surface area contributed by atoms with Crippen molar-refractivity contribution in [2.45, 2.75) is 6.04 Å². The van der Waals surface area contributed by atoms with Crippen molar-refractivity contribution in [3.8, 4) is 0 Å². The molecule has 17 heavy (non-hydrogen) atoms. The van der Waals surface area contributed by atoms with E-state index >= 15 is 0 Å². The van der Waals surface area contributed by atoms with E-state index in [9.17, 15) is 4.79 Å². The van der Waals surface area contributed by atoms with Gasteiger partial charge in [-0.05, 0) is 34.0 Å². The third-order valence-corrected chi connectivity index (χ3v) is 3.13. The Hall–Kier alpha value is -1.36. The quantitative estimate of drug-likeness (QED) is 0.901. The predicted octanol–water partition coefficient (Wildman–Crippen LogP) is 2.92. The summed E-state index contributed by atoms with van der Waals surface area (Å²) < 4.78 is 0.